The minimum Gasteiger partial charge on any atom is -0.495 e. The first-order valence-corrected chi connectivity index (χ1v) is 13.0. The average Bonchev–Trinajstić information content (AvgIpc) is 3.10. The van der Waals surface area contributed by atoms with E-state index in [1.807, 2.05) is 12.1 Å². The van der Waals surface area contributed by atoms with E-state index >= 15 is 0 Å². The van der Waals surface area contributed by atoms with Crippen LogP contribution in [-0.4, -0.2) is 37.1 Å². The number of hydrogen-bond donors (Lipinski definition) is 2. The summed E-state index contributed by atoms with van der Waals surface area (Å²) in [4.78, 5) is 24.6. The Hall–Kier alpha value is -3.66. The number of sulfonamides is 1. The quantitative estimate of drug-likeness (QED) is 0.555. The van der Waals surface area contributed by atoms with Gasteiger partial charge in [0, 0.05) is 18.4 Å². The first-order chi connectivity index (χ1) is 16.8. The Morgan fingerprint density at radius 1 is 1.06 bits per heavy atom. The van der Waals surface area contributed by atoms with Crippen LogP contribution in [0.25, 0.3) is 11.1 Å². The number of aryl methyl sites for hydroxylation is 2. The van der Waals surface area contributed by atoms with E-state index in [1.54, 1.807) is 25.1 Å². The molecule has 35 heavy (non-hydrogen) atoms. The molecule has 0 saturated heterocycles. The summed E-state index contributed by atoms with van der Waals surface area (Å²) in [5.74, 6) is -0.171. The molecule has 0 atom stereocenters. The van der Waals surface area contributed by atoms with Gasteiger partial charge >= 0.3 is 0 Å². The summed E-state index contributed by atoms with van der Waals surface area (Å²) in [5, 5.41) is 7.06. The lowest BCUT2D eigenvalue weighted by atomic mass is 9.91. The molecular weight excluding hydrogens is 468 g/mol. The molecule has 1 aromatic heterocycles. The zero-order chi connectivity index (χ0) is 24.7. The smallest absolute Gasteiger partial charge is 0.265 e. The fourth-order valence-corrected chi connectivity index (χ4v) is 6.10. The molecule has 2 aliphatic rings. The van der Waals surface area contributed by atoms with Crippen LogP contribution in [0.2, 0.25) is 0 Å². The van der Waals surface area contributed by atoms with Crippen molar-refractivity contribution in [2.75, 3.05) is 17.1 Å². The molecule has 10 heteroatoms. The second-order valence-corrected chi connectivity index (χ2v) is 10.4. The van der Waals surface area contributed by atoms with Gasteiger partial charge in [0.15, 0.2) is 0 Å². The average molecular weight is 495 g/mol. The van der Waals surface area contributed by atoms with Gasteiger partial charge in [0.05, 0.1) is 18.5 Å². The molecule has 1 aliphatic carbocycles. The highest BCUT2D eigenvalue weighted by Gasteiger charge is 2.28. The van der Waals surface area contributed by atoms with Crippen molar-refractivity contribution in [2.45, 2.75) is 50.3 Å². The maximum atomic E-state index is 13.6. The van der Waals surface area contributed by atoms with Crippen LogP contribution in [0, 0.1) is 6.92 Å². The van der Waals surface area contributed by atoms with Crippen molar-refractivity contribution in [1.29, 1.82) is 0 Å². The van der Waals surface area contributed by atoms with Gasteiger partial charge < -0.3 is 10.1 Å². The fourth-order valence-electron chi connectivity index (χ4n) is 4.81. The molecule has 1 amide bonds. The second-order valence-electron chi connectivity index (χ2n) is 8.78. The van der Waals surface area contributed by atoms with E-state index in [4.69, 9.17) is 4.74 Å². The third-order valence-electron chi connectivity index (χ3n) is 6.50. The largest absolute Gasteiger partial charge is 0.495 e. The van der Waals surface area contributed by atoms with E-state index in [-0.39, 0.29) is 41.1 Å². The van der Waals surface area contributed by atoms with Crippen LogP contribution in [0.1, 0.15) is 47.3 Å². The lowest BCUT2D eigenvalue weighted by Crippen LogP contribution is -2.17. The van der Waals surface area contributed by atoms with Gasteiger partial charge in [-0.1, -0.05) is 18.2 Å². The lowest BCUT2D eigenvalue weighted by molar-refractivity contribution is -0.116. The van der Waals surface area contributed by atoms with Crippen LogP contribution in [-0.2, 0) is 27.7 Å². The number of rotatable bonds is 5. The lowest BCUT2D eigenvalue weighted by Gasteiger charge is -2.20. The van der Waals surface area contributed by atoms with Crippen molar-refractivity contribution in [3.05, 3.63) is 53.2 Å². The number of carbonyl (C=O) groups excluding carboxylic acids is 2. The third kappa shape index (κ3) is 4.18. The number of nitrogens with one attached hydrogen (secondary N) is 2. The van der Waals surface area contributed by atoms with Crippen molar-refractivity contribution >= 4 is 33.3 Å². The Kier molecular flexibility index (Phi) is 5.84. The van der Waals surface area contributed by atoms with Gasteiger partial charge in [0.25, 0.3) is 10.0 Å². The number of fused-ring (bicyclic) bond motifs is 2. The molecule has 9 nitrogen and oxygen atoms in total. The number of methoxy groups -OCH3 is 1. The minimum absolute atomic E-state index is 0.0449. The maximum Gasteiger partial charge on any atom is 0.265 e. The molecule has 5 rings (SSSR count). The van der Waals surface area contributed by atoms with Gasteiger partial charge in [-0.05, 0) is 67.5 Å². The number of nitrogens with zero attached hydrogens (tertiary/aromatic N) is 2. The van der Waals surface area contributed by atoms with Crippen molar-refractivity contribution in [3.63, 3.8) is 0 Å². The van der Waals surface area contributed by atoms with Gasteiger partial charge in [-0.3, -0.25) is 14.3 Å². The Bertz CT molecular complexity index is 1460. The number of anilines is 2. The van der Waals surface area contributed by atoms with Gasteiger partial charge in [0.1, 0.15) is 16.5 Å². The van der Waals surface area contributed by atoms with E-state index in [0.29, 0.717) is 22.5 Å². The number of aromatic nitrogens is 2. The first-order valence-electron chi connectivity index (χ1n) is 11.5. The zero-order valence-corrected chi connectivity index (χ0v) is 20.4. The summed E-state index contributed by atoms with van der Waals surface area (Å²) in [5.41, 5.74) is 4.24. The van der Waals surface area contributed by atoms with E-state index < -0.39 is 10.0 Å². The normalized spacial score (nSPS) is 15.6. The molecule has 2 heterocycles. The topological polar surface area (TPSA) is 119 Å². The molecule has 0 saturated carbocycles. The highest BCUT2D eigenvalue weighted by atomic mass is 32.2. The molecular formula is C25H26N4O5S. The van der Waals surface area contributed by atoms with Gasteiger partial charge in [-0.25, -0.2) is 8.42 Å². The van der Waals surface area contributed by atoms with E-state index in [1.165, 1.54) is 17.9 Å². The SMILES string of the molecule is COc1ccc(-c2c(C)nn3c2NC(=O)CCC3=O)cc1S(=O)(=O)Nc1cccc2c1CCCC2. The van der Waals surface area contributed by atoms with Gasteiger partial charge in [0.2, 0.25) is 11.8 Å². The van der Waals surface area contributed by atoms with Crippen molar-refractivity contribution < 1.29 is 22.7 Å². The first kappa shape index (κ1) is 23.1. The van der Waals surface area contributed by atoms with E-state index in [9.17, 15) is 18.0 Å². The van der Waals surface area contributed by atoms with Crippen LogP contribution in [0.3, 0.4) is 0 Å². The number of carbonyl (C=O) groups is 2. The summed E-state index contributed by atoms with van der Waals surface area (Å²) in [6.45, 7) is 1.71. The number of hydrogen-bond acceptors (Lipinski definition) is 6. The van der Waals surface area contributed by atoms with Crippen LogP contribution in [0.15, 0.2) is 41.3 Å². The summed E-state index contributed by atoms with van der Waals surface area (Å²) >= 11 is 0. The standard InChI is InChI=1S/C25H26N4O5S/c1-15-24(25-26-22(30)12-13-23(31)29(25)27-15)17-10-11-20(34-2)21(14-17)35(32,33)28-19-9-5-7-16-6-3-4-8-18(16)19/h5,7,9-11,14,28H,3-4,6,8,12-13H2,1-2H3,(H,26,30). The third-order valence-corrected chi connectivity index (χ3v) is 7.89. The summed E-state index contributed by atoms with van der Waals surface area (Å²) in [7, 11) is -2.61. The van der Waals surface area contributed by atoms with Crippen molar-refractivity contribution in [1.82, 2.24) is 9.78 Å². The molecule has 0 unspecified atom stereocenters. The monoisotopic (exact) mass is 494 g/mol. The van der Waals surface area contributed by atoms with Crippen molar-refractivity contribution in [2.24, 2.45) is 0 Å². The second kappa shape index (κ2) is 8.84. The highest BCUT2D eigenvalue weighted by Crippen LogP contribution is 2.38. The molecule has 1 aliphatic heterocycles. The van der Waals surface area contributed by atoms with Gasteiger partial charge in [-0.15, -0.1) is 0 Å². The molecule has 0 spiro atoms. The molecule has 0 radical (unpaired) electrons. The molecule has 0 bridgehead atoms. The molecule has 2 aromatic carbocycles. The van der Waals surface area contributed by atoms with E-state index in [2.05, 4.69) is 15.1 Å². The number of ether oxygens (including phenoxy) is 1. The number of benzene rings is 2. The summed E-state index contributed by atoms with van der Waals surface area (Å²) < 4.78 is 36.5. The Morgan fingerprint density at radius 3 is 2.66 bits per heavy atom. The zero-order valence-electron chi connectivity index (χ0n) is 19.6. The predicted octanol–water partition coefficient (Wildman–Crippen LogP) is 3.92. The molecule has 3 aromatic rings. The van der Waals surface area contributed by atoms with Crippen LogP contribution in [0.4, 0.5) is 11.5 Å². The highest BCUT2D eigenvalue weighted by molar-refractivity contribution is 7.92. The van der Waals surface area contributed by atoms with E-state index in [0.717, 1.165) is 36.8 Å². The minimum atomic E-state index is -4.02. The van der Waals surface area contributed by atoms with Gasteiger partial charge in [-0.2, -0.15) is 9.78 Å². The fraction of sp³-hybridized carbons (Fsp3) is 0.320. The number of amides is 1. The van der Waals surface area contributed by atoms with Crippen molar-refractivity contribution in [3.8, 4) is 16.9 Å². The summed E-state index contributed by atoms with van der Waals surface area (Å²) in [6, 6.07) is 10.4. The Morgan fingerprint density at radius 2 is 1.86 bits per heavy atom. The predicted molar refractivity (Wildman–Crippen MR) is 131 cm³/mol. The Balaban J connectivity index is 1.60. The molecule has 182 valence electrons. The molecule has 2 N–H and O–H groups in total. The van der Waals surface area contributed by atoms with Crippen LogP contribution in [0.5, 0.6) is 5.75 Å². The molecule has 0 fully saturated rings. The maximum absolute atomic E-state index is 13.6. The van der Waals surface area contributed by atoms with Crippen LogP contribution < -0.4 is 14.8 Å². The summed E-state index contributed by atoms with van der Waals surface area (Å²) in [6.07, 6.45) is 3.97. The Labute approximate surface area is 203 Å². The van der Waals surface area contributed by atoms with Crippen LogP contribution >= 0.6 is 0 Å².